The number of pyridine rings is 1. The van der Waals surface area contributed by atoms with Crippen molar-refractivity contribution in [1.29, 1.82) is 0 Å². The van der Waals surface area contributed by atoms with E-state index in [1.165, 1.54) is 0 Å². The van der Waals surface area contributed by atoms with E-state index in [-0.39, 0.29) is 0 Å². The molecule has 0 unspecified atom stereocenters. The zero-order valence-corrected chi connectivity index (χ0v) is 7.21. The standard InChI is InChI=1S/C7H8ClN3O/c1-5-2-3-6(9-4-10-12)11-7(5)8/h2-4,12H,1H3,(H,9,10,11). The molecule has 5 heteroatoms. The summed E-state index contributed by atoms with van der Waals surface area (Å²) in [5.74, 6) is 0.451. The molecule has 0 atom stereocenters. The summed E-state index contributed by atoms with van der Waals surface area (Å²) in [6.07, 6.45) is 1.12. The number of hydrogen-bond acceptors (Lipinski definition) is 3. The average Bonchev–Trinajstić information content (AvgIpc) is 2.07. The first-order chi connectivity index (χ1) is 5.74. The van der Waals surface area contributed by atoms with Crippen molar-refractivity contribution in [1.82, 2.24) is 10.5 Å². The molecular formula is C7H8ClN3O. The lowest BCUT2D eigenvalue weighted by molar-refractivity contribution is 0.240. The molecule has 4 nitrogen and oxygen atoms in total. The predicted octanol–water partition coefficient (Wildman–Crippen LogP) is 1.68. The summed E-state index contributed by atoms with van der Waals surface area (Å²) < 4.78 is 0. The van der Waals surface area contributed by atoms with Crippen molar-refractivity contribution in [3.63, 3.8) is 0 Å². The number of aliphatic imine (C=N–C) groups is 1. The van der Waals surface area contributed by atoms with Gasteiger partial charge in [0.15, 0.2) is 5.82 Å². The first-order valence-corrected chi connectivity index (χ1v) is 3.67. The minimum atomic E-state index is 0.419. The second-order valence-electron chi connectivity index (χ2n) is 2.16. The Balaban J connectivity index is 2.89. The van der Waals surface area contributed by atoms with Crippen LogP contribution < -0.4 is 5.48 Å². The molecule has 0 radical (unpaired) electrons. The van der Waals surface area contributed by atoms with Gasteiger partial charge in [-0.2, -0.15) is 0 Å². The Labute approximate surface area is 74.9 Å². The lowest BCUT2D eigenvalue weighted by atomic mass is 10.3. The van der Waals surface area contributed by atoms with Gasteiger partial charge >= 0.3 is 0 Å². The van der Waals surface area contributed by atoms with E-state index in [0.29, 0.717) is 11.0 Å². The van der Waals surface area contributed by atoms with Crippen LogP contribution in [-0.4, -0.2) is 16.5 Å². The van der Waals surface area contributed by atoms with Gasteiger partial charge in [0.25, 0.3) is 0 Å². The highest BCUT2D eigenvalue weighted by atomic mass is 35.5. The fourth-order valence-corrected chi connectivity index (χ4v) is 0.811. The molecule has 1 rings (SSSR count). The highest BCUT2D eigenvalue weighted by Crippen LogP contribution is 2.16. The van der Waals surface area contributed by atoms with Crippen LogP contribution >= 0.6 is 11.6 Å². The van der Waals surface area contributed by atoms with Crippen LogP contribution in [0.4, 0.5) is 5.82 Å². The van der Waals surface area contributed by atoms with Gasteiger partial charge in [0.1, 0.15) is 11.5 Å². The molecule has 0 saturated heterocycles. The maximum atomic E-state index is 8.19. The number of aryl methyl sites for hydroxylation is 1. The summed E-state index contributed by atoms with van der Waals surface area (Å²) in [5.41, 5.74) is 2.67. The van der Waals surface area contributed by atoms with E-state index in [9.17, 15) is 0 Å². The van der Waals surface area contributed by atoms with Crippen LogP contribution in [0.25, 0.3) is 0 Å². The monoisotopic (exact) mass is 185 g/mol. The predicted molar refractivity (Wildman–Crippen MR) is 47.1 cm³/mol. The maximum absolute atomic E-state index is 8.19. The maximum Gasteiger partial charge on any atom is 0.155 e. The zero-order valence-electron chi connectivity index (χ0n) is 6.45. The molecule has 0 fully saturated rings. The molecule has 0 aliphatic heterocycles. The van der Waals surface area contributed by atoms with Gasteiger partial charge in [0.05, 0.1) is 0 Å². The molecule has 0 amide bonds. The van der Waals surface area contributed by atoms with Crippen LogP contribution in [0.3, 0.4) is 0 Å². The van der Waals surface area contributed by atoms with E-state index in [1.54, 1.807) is 17.6 Å². The molecule has 1 aromatic rings. The first kappa shape index (κ1) is 8.96. The summed E-state index contributed by atoms with van der Waals surface area (Å²) in [6.45, 7) is 1.85. The van der Waals surface area contributed by atoms with Gasteiger partial charge in [-0.15, -0.1) is 0 Å². The Morgan fingerprint density at radius 2 is 2.42 bits per heavy atom. The Hall–Kier alpha value is -1.13. The normalized spacial score (nSPS) is 10.6. The van der Waals surface area contributed by atoms with E-state index >= 15 is 0 Å². The van der Waals surface area contributed by atoms with Crippen molar-refractivity contribution in [3.05, 3.63) is 22.8 Å². The molecule has 0 aromatic carbocycles. The van der Waals surface area contributed by atoms with Gasteiger partial charge in [0, 0.05) is 0 Å². The highest BCUT2D eigenvalue weighted by molar-refractivity contribution is 6.30. The van der Waals surface area contributed by atoms with Crippen molar-refractivity contribution in [2.45, 2.75) is 6.92 Å². The van der Waals surface area contributed by atoms with Gasteiger partial charge in [-0.1, -0.05) is 17.7 Å². The first-order valence-electron chi connectivity index (χ1n) is 3.29. The van der Waals surface area contributed by atoms with E-state index in [2.05, 4.69) is 9.98 Å². The summed E-state index contributed by atoms with van der Waals surface area (Å²) in [5, 5.41) is 8.61. The van der Waals surface area contributed by atoms with Crippen LogP contribution in [0, 0.1) is 6.92 Å². The quantitative estimate of drug-likeness (QED) is 0.319. The summed E-state index contributed by atoms with van der Waals surface area (Å²) >= 11 is 5.72. The molecule has 1 aromatic heterocycles. The molecule has 0 aliphatic carbocycles. The number of hydroxylamine groups is 1. The number of hydrogen-bond donors (Lipinski definition) is 2. The van der Waals surface area contributed by atoms with Gasteiger partial charge in [-0.3, -0.25) is 10.7 Å². The third-order valence-electron chi connectivity index (χ3n) is 1.28. The lowest BCUT2D eigenvalue weighted by Gasteiger charge is -1.96. The number of halogens is 1. The van der Waals surface area contributed by atoms with Gasteiger partial charge in [-0.25, -0.2) is 9.98 Å². The minimum Gasteiger partial charge on any atom is -0.290 e. The van der Waals surface area contributed by atoms with Crippen molar-refractivity contribution in [3.8, 4) is 0 Å². The third kappa shape index (κ3) is 2.18. The van der Waals surface area contributed by atoms with Crippen LogP contribution in [0.2, 0.25) is 5.15 Å². The van der Waals surface area contributed by atoms with Crippen LogP contribution in [0.15, 0.2) is 17.1 Å². The molecular weight excluding hydrogens is 178 g/mol. The number of nitrogens with zero attached hydrogens (tertiary/aromatic N) is 2. The number of aromatic nitrogens is 1. The van der Waals surface area contributed by atoms with Crippen LogP contribution in [0.5, 0.6) is 0 Å². The molecule has 0 aliphatic rings. The Bertz CT molecular complexity index is 301. The fourth-order valence-electron chi connectivity index (χ4n) is 0.661. The van der Waals surface area contributed by atoms with Crippen LogP contribution in [-0.2, 0) is 0 Å². The average molecular weight is 186 g/mol. The highest BCUT2D eigenvalue weighted by Gasteiger charge is 1.96. The minimum absolute atomic E-state index is 0.419. The van der Waals surface area contributed by atoms with Crippen LogP contribution in [0.1, 0.15) is 5.56 Å². The van der Waals surface area contributed by atoms with Crippen molar-refractivity contribution in [2.24, 2.45) is 4.99 Å². The summed E-state index contributed by atoms with van der Waals surface area (Å²) in [7, 11) is 0. The Morgan fingerprint density at radius 1 is 1.67 bits per heavy atom. The van der Waals surface area contributed by atoms with Gasteiger partial charge in [-0.05, 0) is 18.6 Å². The number of rotatable bonds is 2. The van der Waals surface area contributed by atoms with Gasteiger partial charge in [0.2, 0.25) is 0 Å². The van der Waals surface area contributed by atoms with Crippen molar-refractivity contribution >= 4 is 23.8 Å². The second kappa shape index (κ2) is 4.04. The molecule has 0 spiro atoms. The summed E-state index contributed by atoms with van der Waals surface area (Å²) in [6, 6.07) is 3.51. The van der Waals surface area contributed by atoms with Gasteiger partial charge < -0.3 is 0 Å². The summed E-state index contributed by atoms with van der Waals surface area (Å²) in [4.78, 5) is 7.67. The topological polar surface area (TPSA) is 57.5 Å². The lowest BCUT2D eigenvalue weighted by Crippen LogP contribution is -2.01. The number of nitrogens with one attached hydrogen (secondary N) is 1. The van der Waals surface area contributed by atoms with E-state index in [1.807, 2.05) is 6.92 Å². The van der Waals surface area contributed by atoms with E-state index in [4.69, 9.17) is 16.8 Å². The van der Waals surface area contributed by atoms with E-state index < -0.39 is 0 Å². The van der Waals surface area contributed by atoms with Crippen molar-refractivity contribution in [2.75, 3.05) is 0 Å². The Kier molecular flexibility index (Phi) is 3.01. The second-order valence-corrected chi connectivity index (χ2v) is 2.52. The molecule has 0 bridgehead atoms. The molecule has 0 saturated carbocycles. The fraction of sp³-hybridized carbons (Fsp3) is 0.143. The molecule has 2 N–H and O–H groups in total. The smallest absolute Gasteiger partial charge is 0.155 e. The zero-order chi connectivity index (χ0) is 8.97. The largest absolute Gasteiger partial charge is 0.290 e. The SMILES string of the molecule is Cc1ccc(N=CNO)nc1Cl. The Morgan fingerprint density at radius 3 is 3.00 bits per heavy atom. The molecule has 1 heterocycles. The molecule has 64 valence electrons. The third-order valence-corrected chi connectivity index (χ3v) is 1.66. The molecule has 12 heavy (non-hydrogen) atoms. The van der Waals surface area contributed by atoms with Crippen molar-refractivity contribution < 1.29 is 5.21 Å². The van der Waals surface area contributed by atoms with E-state index in [0.717, 1.165) is 11.9 Å².